The van der Waals surface area contributed by atoms with Gasteiger partial charge in [-0.15, -0.1) is 0 Å². The van der Waals surface area contributed by atoms with E-state index in [4.69, 9.17) is 9.72 Å². The third kappa shape index (κ3) is 3.95. The maximum Gasteiger partial charge on any atom is 0.0920 e. The molecule has 0 spiro atoms. The van der Waals surface area contributed by atoms with Crippen LogP contribution in [0, 0.1) is 0 Å². The number of ether oxygens (including phenoxy) is 1. The molecule has 3 heterocycles. The number of piperidine rings is 1. The van der Waals surface area contributed by atoms with Gasteiger partial charge >= 0.3 is 0 Å². The minimum atomic E-state index is 0.453. The molecule has 2 aromatic heterocycles. The lowest BCUT2D eigenvalue weighted by molar-refractivity contribution is 0.127. The molecule has 0 radical (unpaired) electrons. The van der Waals surface area contributed by atoms with Gasteiger partial charge in [-0.3, -0.25) is 9.67 Å². The van der Waals surface area contributed by atoms with Crippen LogP contribution in [0.5, 0.6) is 0 Å². The van der Waals surface area contributed by atoms with Crippen molar-refractivity contribution in [1.82, 2.24) is 24.6 Å². The first-order valence-corrected chi connectivity index (χ1v) is 8.36. The topological polar surface area (TPSA) is 56.1 Å². The minimum Gasteiger partial charge on any atom is -0.383 e. The third-order valence-electron chi connectivity index (χ3n) is 4.44. The van der Waals surface area contributed by atoms with Gasteiger partial charge in [0.2, 0.25) is 0 Å². The molecule has 3 rings (SSSR count). The standard InChI is InChI=1S/C17H25N5O/c1-3-22-13-15(9-19-22)17-11-18-10-16(20-17)14-5-4-6-21(12-14)7-8-23-2/h9-11,13-14H,3-8,12H2,1-2H3/t14-/m0/s1. The van der Waals surface area contributed by atoms with Crippen molar-refractivity contribution >= 4 is 0 Å². The molecule has 124 valence electrons. The van der Waals surface area contributed by atoms with Crippen molar-refractivity contribution in [2.24, 2.45) is 0 Å². The number of likely N-dealkylation sites (tertiary alicyclic amines) is 1. The van der Waals surface area contributed by atoms with Crippen molar-refractivity contribution in [1.29, 1.82) is 0 Å². The van der Waals surface area contributed by atoms with E-state index in [0.29, 0.717) is 5.92 Å². The Labute approximate surface area is 137 Å². The van der Waals surface area contributed by atoms with Gasteiger partial charge in [-0.1, -0.05) is 0 Å². The van der Waals surface area contributed by atoms with Crippen LogP contribution in [0.3, 0.4) is 0 Å². The van der Waals surface area contributed by atoms with Gasteiger partial charge in [-0.05, 0) is 26.3 Å². The van der Waals surface area contributed by atoms with Crippen LogP contribution >= 0.6 is 0 Å². The summed E-state index contributed by atoms with van der Waals surface area (Å²) in [5, 5.41) is 4.33. The second kappa shape index (κ2) is 7.66. The molecule has 0 aromatic carbocycles. The molecule has 1 aliphatic rings. The maximum absolute atomic E-state index is 5.20. The molecule has 0 N–H and O–H groups in total. The second-order valence-electron chi connectivity index (χ2n) is 6.05. The van der Waals surface area contributed by atoms with Gasteiger partial charge < -0.3 is 9.64 Å². The number of nitrogens with zero attached hydrogens (tertiary/aromatic N) is 5. The number of rotatable bonds is 6. The summed E-state index contributed by atoms with van der Waals surface area (Å²) >= 11 is 0. The summed E-state index contributed by atoms with van der Waals surface area (Å²) in [6.07, 6.45) is 10.0. The number of methoxy groups -OCH3 is 1. The SMILES string of the molecule is CCn1cc(-c2cncc([C@H]3CCCN(CCOC)C3)n2)cn1. The molecular weight excluding hydrogens is 290 g/mol. The summed E-state index contributed by atoms with van der Waals surface area (Å²) in [6, 6.07) is 0. The zero-order valence-electron chi connectivity index (χ0n) is 14.0. The highest BCUT2D eigenvalue weighted by Crippen LogP contribution is 2.26. The van der Waals surface area contributed by atoms with Crippen LogP contribution in [-0.2, 0) is 11.3 Å². The highest BCUT2D eigenvalue weighted by atomic mass is 16.5. The first-order chi connectivity index (χ1) is 11.3. The Bertz CT molecular complexity index is 627. The molecule has 0 bridgehead atoms. The fraction of sp³-hybridized carbons (Fsp3) is 0.588. The Hall–Kier alpha value is -1.79. The molecule has 1 saturated heterocycles. The molecule has 1 aliphatic heterocycles. The molecule has 0 unspecified atom stereocenters. The third-order valence-corrected chi connectivity index (χ3v) is 4.44. The first kappa shape index (κ1) is 16.1. The van der Waals surface area contributed by atoms with Crippen LogP contribution in [0.1, 0.15) is 31.4 Å². The highest BCUT2D eigenvalue weighted by molar-refractivity contribution is 5.55. The van der Waals surface area contributed by atoms with Crippen molar-refractivity contribution in [3.8, 4) is 11.3 Å². The minimum absolute atomic E-state index is 0.453. The van der Waals surface area contributed by atoms with E-state index in [1.165, 1.54) is 12.8 Å². The van der Waals surface area contributed by atoms with Crippen LogP contribution < -0.4 is 0 Å². The van der Waals surface area contributed by atoms with E-state index in [-0.39, 0.29) is 0 Å². The number of hydrogen-bond acceptors (Lipinski definition) is 5. The summed E-state index contributed by atoms with van der Waals surface area (Å²) in [5.74, 6) is 0.453. The Morgan fingerprint density at radius 2 is 2.22 bits per heavy atom. The van der Waals surface area contributed by atoms with E-state index in [1.54, 1.807) is 7.11 Å². The molecule has 0 saturated carbocycles. The lowest BCUT2D eigenvalue weighted by atomic mass is 9.95. The largest absolute Gasteiger partial charge is 0.383 e. The van der Waals surface area contributed by atoms with Crippen molar-refractivity contribution in [2.45, 2.75) is 32.2 Å². The number of aryl methyl sites for hydroxylation is 1. The van der Waals surface area contributed by atoms with Crippen LogP contribution in [-0.4, -0.2) is 58.0 Å². The van der Waals surface area contributed by atoms with E-state index in [1.807, 2.05) is 29.5 Å². The maximum atomic E-state index is 5.20. The lowest BCUT2D eigenvalue weighted by Crippen LogP contribution is -2.36. The Morgan fingerprint density at radius 3 is 3.00 bits per heavy atom. The molecule has 2 aromatic rings. The van der Waals surface area contributed by atoms with Crippen LogP contribution in [0.2, 0.25) is 0 Å². The Kier molecular flexibility index (Phi) is 5.35. The van der Waals surface area contributed by atoms with E-state index in [0.717, 1.165) is 49.7 Å². The summed E-state index contributed by atoms with van der Waals surface area (Å²) in [7, 11) is 1.76. The van der Waals surface area contributed by atoms with Crippen LogP contribution in [0.15, 0.2) is 24.8 Å². The average molecular weight is 315 g/mol. The monoisotopic (exact) mass is 315 g/mol. The first-order valence-electron chi connectivity index (χ1n) is 8.36. The summed E-state index contributed by atoms with van der Waals surface area (Å²) in [5.41, 5.74) is 3.04. The predicted molar refractivity (Wildman–Crippen MR) is 89.2 cm³/mol. The van der Waals surface area contributed by atoms with E-state index in [9.17, 15) is 0 Å². The van der Waals surface area contributed by atoms with Crippen LogP contribution in [0.4, 0.5) is 0 Å². The molecular formula is C17H25N5O. The molecule has 0 amide bonds. The zero-order chi connectivity index (χ0) is 16.1. The quantitative estimate of drug-likeness (QED) is 0.818. The van der Waals surface area contributed by atoms with Crippen molar-refractivity contribution in [3.05, 3.63) is 30.5 Å². The van der Waals surface area contributed by atoms with Gasteiger partial charge in [-0.25, -0.2) is 4.98 Å². The summed E-state index contributed by atoms with van der Waals surface area (Å²) in [4.78, 5) is 11.7. The normalized spacial score (nSPS) is 19.1. The fourth-order valence-corrected chi connectivity index (χ4v) is 3.11. The molecule has 1 fully saturated rings. The summed E-state index contributed by atoms with van der Waals surface area (Å²) < 4.78 is 7.11. The number of aromatic nitrogens is 4. The molecule has 0 aliphatic carbocycles. The van der Waals surface area contributed by atoms with Crippen molar-refractivity contribution in [3.63, 3.8) is 0 Å². The fourth-order valence-electron chi connectivity index (χ4n) is 3.11. The van der Waals surface area contributed by atoms with Gasteiger partial charge in [0.15, 0.2) is 0 Å². The highest BCUT2D eigenvalue weighted by Gasteiger charge is 2.22. The van der Waals surface area contributed by atoms with Gasteiger partial charge in [-0.2, -0.15) is 5.10 Å². The summed E-state index contributed by atoms with van der Waals surface area (Å²) in [6.45, 7) is 6.91. The average Bonchev–Trinajstić information content (AvgIpc) is 3.09. The van der Waals surface area contributed by atoms with Crippen LogP contribution in [0.25, 0.3) is 11.3 Å². The predicted octanol–water partition coefficient (Wildman–Crippen LogP) is 2.19. The molecule has 6 nitrogen and oxygen atoms in total. The zero-order valence-corrected chi connectivity index (χ0v) is 14.0. The van der Waals surface area contributed by atoms with Gasteiger partial charge in [0.05, 0.1) is 30.4 Å². The Balaban J connectivity index is 1.73. The van der Waals surface area contributed by atoms with Gasteiger partial charge in [0.25, 0.3) is 0 Å². The second-order valence-corrected chi connectivity index (χ2v) is 6.05. The number of hydrogen-bond donors (Lipinski definition) is 0. The van der Waals surface area contributed by atoms with Gasteiger partial charge in [0, 0.05) is 50.6 Å². The molecule has 6 heteroatoms. The smallest absolute Gasteiger partial charge is 0.0920 e. The van der Waals surface area contributed by atoms with Crippen molar-refractivity contribution in [2.75, 3.05) is 33.4 Å². The Morgan fingerprint density at radius 1 is 1.30 bits per heavy atom. The van der Waals surface area contributed by atoms with E-state index in [2.05, 4.69) is 21.9 Å². The molecule has 1 atom stereocenters. The lowest BCUT2D eigenvalue weighted by Gasteiger charge is -2.32. The van der Waals surface area contributed by atoms with Crippen molar-refractivity contribution < 1.29 is 4.74 Å². The molecule has 23 heavy (non-hydrogen) atoms. The van der Waals surface area contributed by atoms with E-state index >= 15 is 0 Å². The van der Waals surface area contributed by atoms with E-state index < -0.39 is 0 Å². The van der Waals surface area contributed by atoms with Gasteiger partial charge in [0.1, 0.15) is 0 Å².